The first-order valence-electron chi connectivity index (χ1n) is 12.5. The lowest BCUT2D eigenvalue weighted by Crippen LogP contribution is -2.80. The van der Waals surface area contributed by atoms with Gasteiger partial charge in [-0.2, -0.15) is 0 Å². The summed E-state index contributed by atoms with van der Waals surface area (Å²) in [5, 5.41) is 25.5. The summed E-state index contributed by atoms with van der Waals surface area (Å²) in [6.45, 7) is 7.58. The SMILES string of the molecule is C=CCN1CC[C@]23c4c5ccc(O)c4O[C@H]2[C@@H](N(C)C(=O)/C=C/c2cc(Br)cs2)C[C@H](C)[C@@]3(O)[C@H]1C5. The molecule has 1 saturated heterocycles. The first-order valence-corrected chi connectivity index (χ1v) is 14.2. The second kappa shape index (κ2) is 8.45. The topological polar surface area (TPSA) is 73.2 Å². The van der Waals surface area contributed by atoms with E-state index in [1.807, 2.05) is 36.7 Å². The molecule has 2 fully saturated rings. The minimum atomic E-state index is -1.04. The molecule has 0 radical (unpaired) electrons. The number of carbonyl (C=O) groups is 1. The average Bonchev–Trinajstić information content (AvgIpc) is 3.43. The van der Waals surface area contributed by atoms with Crippen LogP contribution in [-0.2, 0) is 16.6 Å². The molecule has 2 aromatic rings. The fourth-order valence-corrected chi connectivity index (χ4v) is 8.97. The van der Waals surface area contributed by atoms with E-state index in [1.165, 1.54) is 0 Å². The molecular weight excluding hydrogens is 540 g/mol. The second-order valence-corrected chi connectivity index (χ2v) is 12.5. The monoisotopic (exact) mass is 570 g/mol. The predicted molar refractivity (Wildman–Crippen MR) is 144 cm³/mol. The van der Waals surface area contributed by atoms with Gasteiger partial charge in [0.2, 0.25) is 5.91 Å². The highest BCUT2D eigenvalue weighted by Gasteiger charge is 2.75. The van der Waals surface area contributed by atoms with Crippen LogP contribution in [0.4, 0.5) is 0 Å². The van der Waals surface area contributed by atoms with Crippen LogP contribution in [-0.4, -0.2) is 69.8 Å². The minimum absolute atomic E-state index is 0.0751. The first-order chi connectivity index (χ1) is 17.2. The molecule has 6 atom stereocenters. The molecule has 2 aliphatic carbocycles. The summed E-state index contributed by atoms with van der Waals surface area (Å²) in [6.07, 6.45) is 6.94. The van der Waals surface area contributed by atoms with Crippen molar-refractivity contribution >= 4 is 39.2 Å². The van der Waals surface area contributed by atoms with Gasteiger partial charge in [0.25, 0.3) is 0 Å². The number of phenolic OH excluding ortho intramolecular Hbond substituents is 1. The van der Waals surface area contributed by atoms with Crippen LogP contribution in [0.15, 0.2) is 46.8 Å². The number of benzene rings is 1. The van der Waals surface area contributed by atoms with Gasteiger partial charge in [-0.3, -0.25) is 9.69 Å². The van der Waals surface area contributed by atoms with Crippen molar-refractivity contribution in [1.29, 1.82) is 0 Å². The highest BCUT2D eigenvalue weighted by Crippen LogP contribution is 2.67. The van der Waals surface area contributed by atoms with E-state index >= 15 is 0 Å². The Morgan fingerprint density at radius 2 is 2.25 bits per heavy atom. The van der Waals surface area contributed by atoms with Crippen LogP contribution < -0.4 is 4.74 Å². The van der Waals surface area contributed by atoms with E-state index in [1.54, 1.807) is 28.4 Å². The molecule has 1 aromatic heterocycles. The minimum Gasteiger partial charge on any atom is -0.504 e. The van der Waals surface area contributed by atoms with Crippen LogP contribution in [0, 0.1) is 5.92 Å². The Morgan fingerprint density at radius 1 is 1.44 bits per heavy atom. The number of likely N-dealkylation sites (tertiary alicyclic amines) is 1. The summed E-state index contributed by atoms with van der Waals surface area (Å²) in [5.74, 6) is 0.425. The number of hydrogen-bond donors (Lipinski definition) is 2. The van der Waals surface area contributed by atoms with E-state index in [4.69, 9.17) is 4.74 Å². The molecule has 1 saturated carbocycles. The van der Waals surface area contributed by atoms with Crippen molar-refractivity contribution < 1.29 is 19.7 Å². The Morgan fingerprint density at radius 3 is 2.97 bits per heavy atom. The normalized spacial score (nSPS) is 34.3. The molecule has 2 bridgehead atoms. The number of carbonyl (C=O) groups excluding carboxylic acids is 1. The van der Waals surface area contributed by atoms with Crippen LogP contribution in [0.3, 0.4) is 0 Å². The van der Waals surface area contributed by atoms with Gasteiger partial charge < -0.3 is 19.8 Å². The maximum atomic E-state index is 13.4. The zero-order valence-electron chi connectivity index (χ0n) is 20.5. The highest BCUT2D eigenvalue weighted by atomic mass is 79.9. The van der Waals surface area contributed by atoms with Crippen LogP contribution in [0.5, 0.6) is 11.5 Å². The Labute approximate surface area is 224 Å². The number of amides is 1. The fraction of sp³-hybridized carbons (Fsp3) is 0.464. The van der Waals surface area contributed by atoms with E-state index in [0.717, 1.165) is 27.0 Å². The standard InChI is InChI=1S/C28H31BrN2O4S/c1-4-10-31-11-9-27-24-17-5-7-21(32)25(24)35-26(27)20(12-16(2)28(27,34)22(31)13-17)30(3)23(33)8-6-19-14-18(29)15-36-19/h4-8,14-16,20,22,26,32,34H,1,9-13H2,2-3H3/b8-6+/t16-,20-,22+,26-,27-,28+/m0/s1. The average molecular weight is 572 g/mol. The van der Waals surface area contributed by atoms with Gasteiger partial charge in [0.15, 0.2) is 11.5 Å². The second-order valence-electron chi connectivity index (χ2n) is 10.7. The maximum Gasteiger partial charge on any atom is 0.246 e. The molecule has 3 heterocycles. The molecular formula is C28H31BrN2O4S. The van der Waals surface area contributed by atoms with E-state index < -0.39 is 17.1 Å². The van der Waals surface area contributed by atoms with Gasteiger partial charge in [0.1, 0.15) is 6.10 Å². The number of phenols is 1. The molecule has 1 aromatic carbocycles. The van der Waals surface area contributed by atoms with Gasteiger partial charge in [0, 0.05) is 46.0 Å². The van der Waals surface area contributed by atoms with Crippen molar-refractivity contribution in [2.75, 3.05) is 20.1 Å². The van der Waals surface area contributed by atoms with Crippen LogP contribution in [0.2, 0.25) is 0 Å². The fourth-order valence-electron chi connectivity index (χ4n) is 7.64. The lowest BCUT2D eigenvalue weighted by molar-refractivity contribution is -0.222. The van der Waals surface area contributed by atoms with Gasteiger partial charge in [-0.05, 0) is 71.4 Å². The Hall–Kier alpha value is -2.13. The lowest BCUT2D eigenvalue weighted by Gasteiger charge is -2.66. The molecule has 190 valence electrons. The quantitative estimate of drug-likeness (QED) is 0.413. The van der Waals surface area contributed by atoms with Crippen molar-refractivity contribution in [3.8, 4) is 11.5 Å². The predicted octanol–water partition coefficient (Wildman–Crippen LogP) is 4.34. The third-order valence-corrected chi connectivity index (χ3v) is 10.8. The molecule has 6 rings (SSSR count). The number of ether oxygens (including phenoxy) is 1. The van der Waals surface area contributed by atoms with Crippen LogP contribution in [0.1, 0.15) is 35.8 Å². The van der Waals surface area contributed by atoms with E-state index in [-0.39, 0.29) is 29.7 Å². The lowest BCUT2D eigenvalue weighted by atomic mass is 9.45. The summed E-state index contributed by atoms with van der Waals surface area (Å²) >= 11 is 5.03. The Kier molecular flexibility index (Phi) is 5.68. The van der Waals surface area contributed by atoms with Gasteiger partial charge in [0.05, 0.1) is 17.1 Å². The number of piperidine rings is 1. The summed E-state index contributed by atoms with van der Waals surface area (Å²) in [5.41, 5.74) is 0.361. The number of hydrogen-bond acceptors (Lipinski definition) is 6. The van der Waals surface area contributed by atoms with E-state index in [0.29, 0.717) is 31.6 Å². The molecule has 4 aliphatic rings. The van der Waals surface area contributed by atoms with Crippen molar-refractivity contribution in [1.82, 2.24) is 9.80 Å². The van der Waals surface area contributed by atoms with Crippen molar-refractivity contribution in [2.24, 2.45) is 5.92 Å². The Bertz CT molecular complexity index is 1280. The van der Waals surface area contributed by atoms with Gasteiger partial charge in [-0.25, -0.2) is 0 Å². The third-order valence-electron chi connectivity index (χ3n) is 9.15. The van der Waals surface area contributed by atoms with Crippen molar-refractivity contribution in [2.45, 2.75) is 55.4 Å². The number of nitrogens with zero attached hydrogens (tertiary/aromatic N) is 2. The van der Waals surface area contributed by atoms with Gasteiger partial charge >= 0.3 is 0 Å². The molecule has 1 amide bonds. The number of likely N-dealkylation sites (N-methyl/N-ethyl adjacent to an activating group) is 1. The molecule has 6 nitrogen and oxygen atoms in total. The summed E-state index contributed by atoms with van der Waals surface area (Å²) in [4.78, 5) is 18.5. The largest absolute Gasteiger partial charge is 0.504 e. The molecule has 8 heteroatoms. The maximum absolute atomic E-state index is 13.4. The highest BCUT2D eigenvalue weighted by molar-refractivity contribution is 9.10. The smallest absolute Gasteiger partial charge is 0.246 e. The van der Waals surface area contributed by atoms with Gasteiger partial charge in [-0.15, -0.1) is 17.9 Å². The number of aromatic hydroxyl groups is 1. The molecule has 0 unspecified atom stereocenters. The molecule has 2 aliphatic heterocycles. The summed E-state index contributed by atoms with van der Waals surface area (Å²) in [7, 11) is 1.83. The van der Waals surface area contributed by atoms with Crippen molar-refractivity contribution in [3.63, 3.8) is 0 Å². The summed E-state index contributed by atoms with van der Waals surface area (Å²) in [6, 6.07) is 5.35. The molecule has 2 N–H and O–H groups in total. The van der Waals surface area contributed by atoms with Crippen LogP contribution >= 0.6 is 27.3 Å². The zero-order valence-corrected chi connectivity index (χ0v) is 22.9. The Balaban J connectivity index is 1.42. The number of thiophene rings is 1. The zero-order chi connectivity index (χ0) is 25.4. The third kappa shape index (κ3) is 3.11. The number of aliphatic hydroxyl groups is 1. The summed E-state index contributed by atoms with van der Waals surface area (Å²) < 4.78 is 7.59. The first kappa shape index (κ1) is 24.2. The van der Waals surface area contributed by atoms with E-state index in [9.17, 15) is 15.0 Å². The molecule has 1 spiro atoms. The number of halogens is 1. The molecule has 36 heavy (non-hydrogen) atoms. The van der Waals surface area contributed by atoms with E-state index in [2.05, 4.69) is 34.3 Å². The van der Waals surface area contributed by atoms with Crippen LogP contribution in [0.25, 0.3) is 6.08 Å². The number of rotatable bonds is 5. The van der Waals surface area contributed by atoms with Gasteiger partial charge in [-0.1, -0.05) is 19.1 Å². The van der Waals surface area contributed by atoms with Crippen molar-refractivity contribution in [3.05, 3.63) is 62.8 Å².